The second-order valence-corrected chi connectivity index (χ2v) is 5.60. The molecule has 128 valence electrons. The fourth-order valence-corrected chi connectivity index (χ4v) is 2.19. The van der Waals surface area contributed by atoms with Gasteiger partial charge in [0.05, 0.1) is 11.5 Å². The van der Waals surface area contributed by atoms with Gasteiger partial charge in [-0.1, -0.05) is 18.5 Å². The lowest BCUT2D eigenvalue weighted by Crippen LogP contribution is -2.38. The van der Waals surface area contributed by atoms with Gasteiger partial charge in [-0.3, -0.25) is 9.59 Å². The van der Waals surface area contributed by atoms with Crippen LogP contribution in [-0.4, -0.2) is 48.2 Å². The summed E-state index contributed by atoms with van der Waals surface area (Å²) >= 11 is 5.82. The number of hydrogen-bond donors (Lipinski definition) is 1. The van der Waals surface area contributed by atoms with Crippen LogP contribution in [0.1, 0.15) is 30.6 Å². The van der Waals surface area contributed by atoms with Crippen LogP contribution in [0.4, 0.5) is 4.39 Å². The molecule has 0 aliphatic rings. The van der Waals surface area contributed by atoms with E-state index in [0.29, 0.717) is 19.6 Å². The third-order valence-corrected chi connectivity index (χ3v) is 3.52. The Kier molecular flexibility index (Phi) is 7.98. The molecule has 5 nitrogen and oxygen atoms in total. The molecule has 0 saturated heterocycles. The maximum atomic E-state index is 13.9. The Bertz CT molecular complexity index is 553. The quantitative estimate of drug-likeness (QED) is 0.698. The normalized spacial score (nSPS) is 12.0. The molecule has 0 spiro atoms. The van der Waals surface area contributed by atoms with E-state index in [0.717, 1.165) is 6.07 Å². The van der Waals surface area contributed by atoms with Crippen LogP contribution in [0.3, 0.4) is 0 Å². The zero-order valence-corrected chi connectivity index (χ0v) is 14.0. The Hall–Kier alpha value is -1.66. The third kappa shape index (κ3) is 6.15. The minimum Gasteiger partial charge on any atom is -0.481 e. The molecule has 0 saturated carbocycles. The predicted molar refractivity (Wildman–Crippen MR) is 85.2 cm³/mol. The number of aliphatic carboxylic acids is 1. The largest absolute Gasteiger partial charge is 0.481 e. The van der Waals surface area contributed by atoms with Crippen LogP contribution in [0.5, 0.6) is 0 Å². The zero-order chi connectivity index (χ0) is 17.4. The highest BCUT2D eigenvalue weighted by Crippen LogP contribution is 2.18. The molecule has 1 amide bonds. The number of ether oxygens (including phenoxy) is 1. The van der Waals surface area contributed by atoms with Crippen LogP contribution in [-0.2, 0) is 9.53 Å². The van der Waals surface area contributed by atoms with Crippen LogP contribution in [0, 0.1) is 11.7 Å². The number of carboxylic acid groups (broad SMARTS) is 1. The fraction of sp³-hybridized carbons (Fsp3) is 0.500. The lowest BCUT2D eigenvalue weighted by molar-refractivity contribution is -0.141. The van der Waals surface area contributed by atoms with Crippen molar-refractivity contribution in [3.63, 3.8) is 0 Å². The highest BCUT2D eigenvalue weighted by Gasteiger charge is 2.23. The van der Waals surface area contributed by atoms with Crippen molar-refractivity contribution in [2.24, 2.45) is 5.92 Å². The number of nitrogens with zero attached hydrogens (tertiary/aromatic N) is 1. The number of carboxylic acids is 1. The van der Waals surface area contributed by atoms with Crippen molar-refractivity contribution in [2.75, 3.05) is 26.3 Å². The highest BCUT2D eigenvalue weighted by atomic mass is 35.5. The smallest absolute Gasteiger partial charge is 0.308 e. The first-order valence-electron chi connectivity index (χ1n) is 7.41. The number of benzene rings is 1. The topological polar surface area (TPSA) is 66.8 Å². The van der Waals surface area contributed by atoms with E-state index in [1.54, 1.807) is 0 Å². The molecule has 1 atom stereocenters. The molecule has 23 heavy (non-hydrogen) atoms. The maximum absolute atomic E-state index is 13.9. The van der Waals surface area contributed by atoms with Gasteiger partial charge in [-0.05, 0) is 31.5 Å². The van der Waals surface area contributed by atoms with Crippen molar-refractivity contribution in [1.82, 2.24) is 4.90 Å². The summed E-state index contributed by atoms with van der Waals surface area (Å²) in [6.45, 7) is 4.63. The van der Waals surface area contributed by atoms with Gasteiger partial charge in [-0.25, -0.2) is 4.39 Å². The van der Waals surface area contributed by atoms with Gasteiger partial charge in [0, 0.05) is 31.3 Å². The van der Waals surface area contributed by atoms with Gasteiger partial charge in [0.25, 0.3) is 5.91 Å². The van der Waals surface area contributed by atoms with Crippen LogP contribution < -0.4 is 0 Å². The van der Waals surface area contributed by atoms with Gasteiger partial charge < -0.3 is 14.7 Å². The molecular formula is C16H21ClFNO4. The first-order valence-corrected chi connectivity index (χ1v) is 7.79. The van der Waals surface area contributed by atoms with E-state index in [1.165, 1.54) is 24.0 Å². The Balaban J connectivity index is 2.89. The molecule has 1 aromatic carbocycles. The SMILES string of the molecule is CCOCCCN(CC(C)C(=O)O)C(=O)c1cc(Cl)ccc1F. The Morgan fingerprint density at radius 1 is 1.43 bits per heavy atom. The highest BCUT2D eigenvalue weighted by molar-refractivity contribution is 6.31. The minimum absolute atomic E-state index is 0.00769. The zero-order valence-electron chi connectivity index (χ0n) is 13.2. The maximum Gasteiger partial charge on any atom is 0.308 e. The Labute approximate surface area is 140 Å². The van der Waals surface area contributed by atoms with E-state index in [1.807, 2.05) is 6.92 Å². The lowest BCUT2D eigenvalue weighted by Gasteiger charge is -2.25. The van der Waals surface area contributed by atoms with Crippen molar-refractivity contribution in [3.05, 3.63) is 34.6 Å². The molecule has 0 radical (unpaired) electrons. The van der Waals surface area contributed by atoms with Gasteiger partial charge in [0.2, 0.25) is 0 Å². The molecule has 1 unspecified atom stereocenters. The van der Waals surface area contributed by atoms with Gasteiger partial charge >= 0.3 is 5.97 Å². The lowest BCUT2D eigenvalue weighted by atomic mass is 10.1. The number of carbonyl (C=O) groups is 2. The number of carbonyl (C=O) groups excluding carboxylic acids is 1. The second-order valence-electron chi connectivity index (χ2n) is 5.17. The van der Waals surface area contributed by atoms with Gasteiger partial charge in [-0.2, -0.15) is 0 Å². The summed E-state index contributed by atoms with van der Waals surface area (Å²) in [6, 6.07) is 3.72. The van der Waals surface area contributed by atoms with Gasteiger partial charge in [0.1, 0.15) is 5.82 Å². The summed E-state index contributed by atoms with van der Waals surface area (Å²) in [5.41, 5.74) is -0.161. The van der Waals surface area contributed by atoms with E-state index >= 15 is 0 Å². The van der Waals surface area contributed by atoms with Crippen LogP contribution >= 0.6 is 11.6 Å². The molecule has 1 aromatic rings. The third-order valence-electron chi connectivity index (χ3n) is 3.28. The van der Waals surface area contributed by atoms with Crippen molar-refractivity contribution in [2.45, 2.75) is 20.3 Å². The summed E-state index contributed by atoms with van der Waals surface area (Å²) in [4.78, 5) is 24.9. The molecule has 0 aliphatic carbocycles. The van der Waals surface area contributed by atoms with Crippen molar-refractivity contribution in [1.29, 1.82) is 0 Å². The molecule has 0 bridgehead atoms. The van der Waals surface area contributed by atoms with E-state index in [-0.39, 0.29) is 23.7 Å². The summed E-state index contributed by atoms with van der Waals surface area (Å²) in [7, 11) is 0. The Morgan fingerprint density at radius 3 is 2.74 bits per heavy atom. The second kappa shape index (κ2) is 9.47. The molecule has 0 fully saturated rings. The average Bonchev–Trinajstić information content (AvgIpc) is 2.51. The molecule has 7 heteroatoms. The minimum atomic E-state index is -1.01. The molecule has 1 rings (SSSR count). The summed E-state index contributed by atoms with van der Waals surface area (Å²) < 4.78 is 19.1. The molecule has 0 aromatic heterocycles. The standard InChI is InChI=1S/C16H21ClFNO4/c1-3-23-8-4-7-19(10-11(2)16(21)22)15(20)13-9-12(17)5-6-14(13)18/h5-6,9,11H,3-4,7-8,10H2,1-2H3,(H,21,22). The number of halogens is 2. The van der Waals surface area contributed by atoms with Crippen LogP contribution in [0.2, 0.25) is 5.02 Å². The van der Waals surface area contributed by atoms with Crippen LogP contribution in [0.15, 0.2) is 18.2 Å². The Morgan fingerprint density at radius 2 is 2.13 bits per heavy atom. The predicted octanol–water partition coefficient (Wildman–Crippen LogP) is 3.07. The fourth-order valence-electron chi connectivity index (χ4n) is 2.02. The van der Waals surface area contributed by atoms with E-state index in [9.17, 15) is 14.0 Å². The number of hydrogen-bond acceptors (Lipinski definition) is 3. The molecule has 0 aliphatic heterocycles. The van der Waals surface area contributed by atoms with Crippen molar-refractivity contribution in [3.8, 4) is 0 Å². The molecule has 1 N–H and O–H groups in total. The number of amides is 1. The first-order chi connectivity index (χ1) is 10.9. The average molecular weight is 346 g/mol. The van der Waals surface area contributed by atoms with Gasteiger partial charge in [0.15, 0.2) is 0 Å². The summed E-state index contributed by atoms with van der Waals surface area (Å²) in [5, 5.41) is 9.28. The molecular weight excluding hydrogens is 325 g/mol. The summed E-state index contributed by atoms with van der Waals surface area (Å²) in [5.74, 6) is -3.03. The van der Waals surface area contributed by atoms with E-state index in [4.69, 9.17) is 21.4 Å². The van der Waals surface area contributed by atoms with Crippen molar-refractivity contribution >= 4 is 23.5 Å². The number of rotatable bonds is 9. The molecule has 0 heterocycles. The van der Waals surface area contributed by atoms with E-state index < -0.39 is 23.6 Å². The van der Waals surface area contributed by atoms with Crippen molar-refractivity contribution < 1.29 is 23.8 Å². The summed E-state index contributed by atoms with van der Waals surface area (Å²) in [6.07, 6.45) is 0.536. The monoisotopic (exact) mass is 345 g/mol. The van der Waals surface area contributed by atoms with E-state index in [2.05, 4.69) is 0 Å². The van der Waals surface area contributed by atoms with Gasteiger partial charge in [-0.15, -0.1) is 0 Å². The van der Waals surface area contributed by atoms with Crippen LogP contribution in [0.25, 0.3) is 0 Å². The first kappa shape index (κ1) is 19.4.